The number of hydrogen-bond acceptors (Lipinski definition) is 3. The molecule has 0 saturated carbocycles. The van der Waals surface area contributed by atoms with Gasteiger partial charge in [0.2, 0.25) is 0 Å². The zero-order valence-electron chi connectivity index (χ0n) is 16.3. The molecule has 1 atom stereocenters. The molecule has 0 aromatic heterocycles. The van der Waals surface area contributed by atoms with Gasteiger partial charge in [-0.15, -0.1) is 0 Å². The van der Waals surface area contributed by atoms with Gasteiger partial charge >= 0.3 is 0 Å². The lowest BCUT2D eigenvalue weighted by molar-refractivity contribution is 0.0746. The van der Waals surface area contributed by atoms with Gasteiger partial charge in [0.25, 0.3) is 11.8 Å². The van der Waals surface area contributed by atoms with Crippen molar-refractivity contribution in [1.82, 2.24) is 10.2 Å². The smallest absolute Gasteiger partial charge is 0.253 e. The van der Waals surface area contributed by atoms with Crippen molar-refractivity contribution in [2.24, 2.45) is 0 Å². The molecule has 148 valence electrons. The van der Waals surface area contributed by atoms with Gasteiger partial charge < -0.3 is 15.1 Å². The second kappa shape index (κ2) is 8.87. The molecule has 0 bridgehead atoms. The lowest BCUT2D eigenvalue weighted by Gasteiger charge is -2.36. The number of amides is 2. The average Bonchev–Trinajstić information content (AvgIpc) is 2.74. The van der Waals surface area contributed by atoms with Gasteiger partial charge in [0.15, 0.2) is 0 Å². The summed E-state index contributed by atoms with van der Waals surface area (Å²) in [5.41, 5.74) is 2.10. The van der Waals surface area contributed by atoms with Crippen LogP contribution in [-0.2, 0) is 0 Å². The van der Waals surface area contributed by atoms with Crippen LogP contribution in [0, 0.1) is 5.82 Å². The van der Waals surface area contributed by atoms with Crippen molar-refractivity contribution in [1.29, 1.82) is 0 Å². The molecule has 0 radical (unpaired) electrons. The Bertz CT molecular complexity index is 813. The molecule has 1 unspecified atom stereocenters. The van der Waals surface area contributed by atoms with Crippen molar-refractivity contribution >= 4 is 17.5 Å². The molecule has 2 aromatic carbocycles. The number of halogens is 1. The normalized spacial score (nSPS) is 15.2. The van der Waals surface area contributed by atoms with Gasteiger partial charge in [0.1, 0.15) is 5.82 Å². The summed E-state index contributed by atoms with van der Waals surface area (Å²) < 4.78 is 13.1. The molecular weight excluding hydrogens is 357 g/mol. The summed E-state index contributed by atoms with van der Waals surface area (Å²) in [5, 5.41) is 2.92. The predicted octanol–water partition coefficient (Wildman–Crippen LogP) is 3.32. The number of rotatable bonds is 5. The van der Waals surface area contributed by atoms with Crippen molar-refractivity contribution in [3.8, 4) is 0 Å². The SMILES string of the molecule is CCC(C)NC(=O)c1ccc(C(=O)N2CCN(c3ccc(F)cc3)CC2)cc1. The van der Waals surface area contributed by atoms with E-state index in [-0.39, 0.29) is 23.7 Å². The first kappa shape index (κ1) is 19.9. The molecule has 1 aliphatic heterocycles. The second-order valence-corrected chi connectivity index (χ2v) is 7.12. The maximum atomic E-state index is 13.1. The summed E-state index contributed by atoms with van der Waals surface area (Å²) >= 11 is 0. The van der Waals surface area contributed by atoms with Gasteiger partial charge in [-0.3, -0.25) is 9.59 Å². The number of benzene rings is 2. The monoisotopic (exact) mass is 383 g/mol. The summed E-state index contributed by atoms with van der Waals surface area (Å²) in [6.07, 6.45) is 0.867. The van der Waals surface area contributed by atoms with E-state index in [1.165, 1.54) is 12.1 Å². The Kier molecular flexibility index (Phi) is 6.29. The van der Waals surface area contributed by atoms with E-state index >= 15 is 0 Å². The van der Waals surface area contributed by atoms with Crippen molar-refractivity contribution in [2.45, 2.75) is 26.3 Å². The zero-order valence-corrected chi connectivity index (χ0v) is 16.3. The summed E-state index contributed by atoms with van der Waals surface area (Å²) in [6.45, 7) is 6.59. The summed E-state index contributed by atoms with van der Waals surface area (Å²) in [7, 11) is 0. The van der Waals surface area contributed by atoms with Crippen LogP contribution in [0.1, 0.15) is 41.0 Å². The van der Waals surface area contributed by atoms with Gasteiger partial charge in [-0.2, -0.15) is 0 Å². The number of carbonyl (C=O) groups excluding carboxylic acids is 2. The second-order valence-electron chi connectivity index (χ2n) is 7.12. The third-order valence-corrected chi connectivity index (χ3v) is 5.14. The Balaban J connectivity index is 1.57. The van der Waals surface area contributed by atoms with Crippen LogP contribution in [0.3, 0.4) is 0 Å². The van der Waals surface area contributed by atoms with Crippen molar-refractivity contribution in [3.05, 3.63) is 65.5 Å². The fourth-order valence-electron chi connectivity index (χ4n) is 3.18. The third kappa shape index (κ3) is 4.68. The number of piperazine rings is 1. The quantitative estimate of drug-likeness (QED) is 0.862. The molecule has 1 saturated heterocycles. The summed E-state index contributed by atoms with van der Waals surface area (Å²) in [5.74, 6) is -0.409. The van der Waals surface area contributed by atoms with Crippen LogP contribution in [0.25, 0.3) is 0 Å². The van der Waals surface area contributed by atoms with E-state index in [0.29, 0.717) is 37.3 Å². The van der Waals surface area contributed by atoms with Crippen LogP contribution < -0.4 is 10.2 Å². The van der Waals surface area contributed by atoms with Crippen molar-refractivity contribution in [2.75, 3.05) is 31.1 Å². The first-order valence-electron chi connectivity index (χ1n) is 9.68. The summed E-state index contributed by atoms with van der Waals surface area (Å²) in [6, 6.07) is 13.3. The van der Waals surface area contributed by atoms with E-state index in [0.717, 1.165) is 12.1 Å². The molecule has 2 aromatic rings. The minimum absolute atomic E-state index is 0.0346. The molecule has 2 amide bonds. The number of hydrogen-bond donors (Lipinski definition) is 1. The van der Waals surface area contributed by atoms with Gasteiger partial charge in [0, 0.05) is 49.0 Å². The molecule has 1 N–H and O–H groups in total. The zero-order chi connectivity index (χ0) is 20.1. The molecule has 0 aliphatic carbocycles. The third-order valence-electron chi connectivity index (χ3n) is 5.14. The van der Waals surface area contributed by atoms with Gasteiger partial charge in [-0.05, 0) is 61.9 Å². The lowest BCUT2D eigenvalue weighted by atomic mass is 10.1. The highest BCUT2D eigenvalue weighted by Gasteiger charge is 2.22. The molecule has 1 fully saturated rings. The first-order chi connectivity index (χ1) is 13.5. The molecular formula is C22H26FN3O2. The predicted molar refractivity (Wildman–Crippen MR) is 108 cm³/mol. The Labute approximate surface area is 165 Å². The molecule has 5 nitrogen and oxygen atoms in total. The highest BCUT2D eigenvalue weighted by molar-refractivity contribution is 5.98. The number of nitrogens with one attached hydrogen (secondary N) is 1. The van der Waals surface area contributed by atoms with Crippen molar-refractivity contribution in [3.63, 3.8) is 0 Å². The Morgan fingerprint density at radius 1 is 0.964 bits per heavy atom. The van der Waals surface area contributed by atoms with E-state index in [9.17, 15) is 14.0 Å². The van der Waals surface area contributed by atoms with Gasteiger partial charge in [-0.25, -0.2) is 4.39 Å². The Morgan fingerprint density at radius 2 is 1.54 bits per heavy atom. The molecule has 6 heteroatoms. The van der Waals surface area contributed by atoms with Crippen LogP contribution in [0.5, 0.6) is 0 Å². The van der Waals surface area contributed by atoms with E-state index in [2.05, 4.69) is 10.2 Å². The molecule has 28 heavy (non-hydrogen) atoms. The number of carbonyl (C=O) groups is 2. The van der Waals surface area contributed by atoms with E-state index in [1.807, 2.05) is 18.7 Å². The van der Waals surface area contributed by atoms with Crippen LogP contribution in [0.2, 0.25) is 0 Å². The Morgan fingerprint density at radius 3 is 2.11 bits per heavy atom. The average molecular weight is 383 g/mol. The summed E-state index contributed by atoms with van der Waals surface area (Å²) in [4.78, 5) is 28.9. The van der Waals surface area contributed by atoms with Gasteiger partial charge in [0.05, 0.1) is 0 Å². The van der Waals surface area contributed by atoms with E-state index in [4.69, 9.17) is 0 Å². The van der Waals surface area contributed by atoms with Gasteiger partial charge in [-0.1, -0.05) is 6.92 Å². The van der Waals surface area contributed by atoms with E-state index in [1.54, 1.807) is 36.4 Å². The fourth-order valence-corrected chi connectivity index (χ4v) is 3.18. The number of anilines is 1. The highest BCUT2D eigenvalue weighted by atomic mass is 19.1. The topological polar surface area (TPSA) is 52.7 Å². The fraction of sp³-hybridized carbons (Fsp3) is 0.364. The van der Waals surface area contributed by atoms with Crippen molar-refractivity contribution < 1.29 is 14.0 Å². The molecule has 1 aliphatic rings. The van der Waals surface area contributed by atoms with E-state index < -0.39 is 0 Å². The molecule has 0 spiro atoms. The van der Waals surface area contributed by atoms with Crippen LogP contribution in [0.4, 0.5) is 10.1 Å². The maximum absolute atomic E-state index is 13.1. The minimum atomic E-state index is -0.251. The minimum Gasteiger partial charge on any atom is -0.368 e. The largest absolute Gasteiger partial charge is 0.368 e. The van der Waals surface area contributed by atoms with Crippen LogP contribution in [-0.4, -0.2) is 48.9 Å². The molecule has 3 rings (SSSR count). The standard InChI is InChI=1S/C22H26FN3O2/c1-3-16(2)24-21(27)17-4-6-18(7-5-17)22(28)26-14-12-25(13-15-26)20-10-8-19(23)9-11-20/h4-11,16H,3,12-15H2,1-2H3,(H,24,27). The van der Waals surface area contributed by atoms with Crippen LogP contribution >= 0.6 is 0 Å². The lowest BCUT2D eigenvalue weighted by Crippen LogP contribution is -2.48. The highest BCUT2D eigenvalue weighted by Crippen LogP contribution is 2.18. The maximum Gasteiger partial charge on any atom is 0.253 e. The Hall–Kier alpha value is -2.89. The first-order valence-corrected chi connectivity index (χ1v) is 9.68. The number of nitrogens with zero attached hydrogens (tertiary/aromatic N) is 2. The molecule has 1 heterocycles. The van der Waals surface area contributed by atoms with Crippen LogP contribution in [0.15, 0.2) is 48.5 Å².